The minimum Gasteiger partial charge on any atom is -0.419 e. The van der Waals surface area contributed by atoms with Crippen LogP contribution in [0.1, 0.15) is 22.7 Å². The second-order valence-corrected chi connectivity index (χ2v) is 6.41. The lowest BCUT2D eigenvalue weighted by atomic mass is 10.1. The molecule has 7 heteroatoms. The summed E-state index contributed by atoms with van der Waals surface area (Å²) >= 11 is 0. The van der Waals surface area contributed by atoms with Crippen molar-refractivity contribution in [3.63, 3.8) is 0 Å². The van der Waals surface area contributed by atoms with Gasteiger partial charge in [0.15, 0.2) is 0 Å². The van der Waals surface area contributed by atoms with E-state index in [0.717, 1.165) is 29.8 Å². The van der Waals surface area contributed by atoms with Crippen molar-refractivity contribution < 1.29 is 4.42 Å². The van der Waals surface area contributed by atoms with Crippen LogP contribution in [0.25, 0.3) is 11.5 Å². The highest BCUT2D eigenvalue weighted by Gasteiger charge is 2.21. The highest BCUT2D eigenvalue weighted by Crippen LogP contribution is 2.21. The minimum absolute atomic E-state index is 0.0833. The SMILES string of the molecule is Cc1ccc(-c2nnc(CN3CCc4nn(C)c(=O)cc4C3)o2)cc1. The van der Waals surface area contributed by atoms with Crippen molar-refractivity contribution in [3.8, 4) is 11.5 Å². The van der Waals surface area contributed by atoms with Crippen LogP contribution in [0, 0.1) is 6.92 Å². The molecule has 3 aromatic rings. The first-order chi connectivity index (χ1) is 12.1. The van der Waals surface area contributed by atoms with Gasteiger partial charge in [-0.15, -0.1) is 10.2 Å². The molecule has 0 aliphatic carbocycles. The fourth-order valence-corrected chi connectivity index (χ4v) is 3.01. The Morgan fingerprint density at radius 1 is 1.20 bits per heavy atom. The summed E-state index contributed by atoms with van der Waals surface area (Å²) in [5.41, 5.74) is 3.99. The third-order valence-electron chi connectivity index (χ3n) is 4.44. The molecule has 0 bridgehead atoms. The summed E-state index contributed by atoms with van der Waals surface area (Å²) in [7, 11) is 1.68. The molecule has 128 valence electrons. The Morgan fingerprint density at radius 2 is 2.00 bits per heavy atom. The third-order valence-corrected chi connectivity index (χ3v) is 4.44. The molecule has 2 aromatic heterocycles. The number of hydrogen-bond acceptors (Lipinski definition) is 6. The smallest absolute Gasteiger partial charge is 0.266 e. The van der Waals surface area contributed by atoms with Crippen molar-refractivity contribution in [1.29, 1.82) is 0 Å². The van der Waals surface area contributed by atoms with E-state index in [-0.39, 0.29) is 5.56 Å². The number of rotatable bonds is 3. The van der Waals surface area contributed by atoms with E-state index in [4.69, 9.17) is 4.42 Å². The third kappa shape index (κ3) is 3.23. The molecule has 0 saturated heterocycles. The van der Waals surface area contributed by atoms with Gasteiger partial charge < -0.3 is 4.42 Å². The summed E-state index contributed by atoms with van der Waals surface area (Å²) in [4.78, 5) is 14.0. The maximum atomic E-state index is 11.8. The quantitative estimate of drug-likeness (QED) is 0.724. The molecule has 1 aliphatic heterocycles. The lowest BCUT2D eigenvalue weighted by Gasteiger charge is -2.26. The van der Waals surface area contributed by atoms with E-state index in [2.05, 4.69) is 20.2 Å². The van der Waals surface area contributed by atoms with Crippen LogP contribution in [0.3, 0.4) is 0 Å². The molecule has 0 amide bonds. The van der Waals surface area contributed by atoms with Gasteiger partial charge in [0.25, 0.3) is 5.56 Å². The van der Waals surface area contributed by atoms with Crippen molar-refractivity contribution in [2.45, 2.75) is 26.4 Å². The lowest BCUT2D eigenvalue weighted by molar-refractivity contribution is 0.218. The summed E-state index contributed by atoms with van der Waals surface area (Å²) < 4.78 is 7.19. The second-order valence-electron chi connectivity index (χ2n) is 6.41. The molecule has 0 radical (unpaired) electrons. The molecule has 0 saturated carbocycles. The van der Waals surface area contributed by atoms with Gasteiger partial charge in [0.05, 0.1) is 12.2 Å². The van der Waals surface area contributed by atoms with Gasteiger partial charge in [-0.1, -0.05) is 17.7 Å². The van der Waals surface area contributed by atoms with E-state index in [1.807, 2.05) is 31.2 Å². The normalized spacial score (nSPS) is 14.5. The number of fused-ring (bicyclic) bond motifs is 1. The Morgan fingerprint density at radius 3 is 2.80 bits per heavy atom. The van der Waals surface area contributed by atoms with Gasteiger partial charge >= 0.3 is 0 Å². The fourth-order valence-electron chi connectivity index (χ4n) is 3.01. The zero-order chi connectivity index (χ0) is 17.4. The molecule has 7 nitrogen and oxygen atoms in total. The standard InChI is InChI=1S/C18H19N5O2/c1-12-3-5-13(6-4-12)18-20-19-16(25-18)11-23-8-7-15-14(10-23)9-17(24)22(2)21-15/h3-6,9H,7-8,10-11H2,1-2H3. The van der Waals surface area contributed by atoms with Crippen LogP contribution < -0.4 is 5.56 Å². The Hall–Kier alpha value is -2.80. The molecule has 0 N–H and O–H groups in total. The highest BCUT2D eigenvalue weighted by molar-refractivity contribution is 5.52. The first kappa shape index (κ1) is 15.7. The molecule has 1 aromatic carbocycles. The molecule has 3 heterocycles. The van der Waals surface area contributed by atoms with Crippen molar-refractivity contribution in [3.05, 3.63) is 63.4 Å². The molecule has 0 spiro atoms. The highest BCUT2D eigenvalue weighted by atomic mass is 16.4. The zero-order valence-corrected chi connectivity index (χ0v) is 14.3. The maximum absolute atomic E-state index is 11.8. The van der Waals surface area contributed by atoms with Gasteiger partial charge in [-0.25, -0.2) is 4.68 Å². The summed E-state index contributed by atoms with van der Waals surface area (Å²) in [6, 6.07) is 9.67. The van der Waals surface area contributed by atoms with E-state index in [1.54, 1.807) is 13.1 Å². The van der Waals surface area contributed by atoms with Gasteiger partial charge in [-0.2, -0.15) is 5.10 Å². The topological polar surface area (TPSA) is 77.1 Å². The number of aryl methyl sites for hydroxylation is 2. The van der Waals surface area contributed by atoms with Crippen molar-refractivity contribution >= 4 is 0 Å². The summed E-state index contributed by atoms with van der Waals surface area (Å²) in [5.74, 6) is 1.11. The van der Waals surface area contributed by atoms with Gasteiger partial charge in [0, 0.05) is 38.2 Å². The average molecular weight is 337 g/mol. The van der Waals surface area contributed by atoms with E-state index in [1.165, 1.54) is 10.2 Å². The molecule has 4 rings (SSSR count). The van der Waals surface area contributed by atoms with Crippen LogP contribution in [0.15, 0.2) is 39.5 Å². The molecule has 0 atom stereocenters. The Bertz CT molecular complexity index is 958. The van der Waals surface area contributed by atoms with Crippen molar-refractivity contribution in [1.82, 2.24) is 24.9 Å². The Balaban J connectivity index is 1.49. The zero-order valence-electron chi connectivity index (χ0n) is 14.3. The monoisotopic (exact) mass is 337 g/mol. The maximum Gasteiger partial charge on any atom is 0.266 e. The molecular formula is C18H19N5O2. The molecule has 0 unspecified atom stereocenters. The van der Waals surface area contributed by atoms with Crippen LogP contribution in [-0.4, -0.2) is 31.4 Å². The number of benzene rings is 1. The lowest BCUT2D eigenvalue weighted by Crippen LogP contribution is -2.34. The molecule has 0 fully saturated rings. The van der Waals surface area contributed by atoms with Crippen LogP contribution >= 0.6 is 0 Å². The average Bonchev–Trinajstić information content (AvgIpc) is 3.05. The predicted octanol–water partition coefficient (Wildman–Crippen LogP) is 1.70. The van der Waals surface area contributed by atoms with Gasteiger partial charge in [0.1, 0.15) is 0 Å². The predicted molar refractivity (Wildman–Crippen MR) is 91.8 cm³/mol. The largest absolute Gasteiger partial charge is 0.419 e. The summed E-state index contributed by atoms with van der Waals surface area (Å²) in [6.07, 6.45) is 0.808. The van der Waals surface area contributed by atoms with E-state index < -0.39 is 0 Å². The number of aromatic nitrogens is 4. The van der Waals surface area contributed by atoms with Crippen LogP contribution in [0.4, 0.5) is 0 Å². The van der Waals surface area contributed by atoms with E-state index >= 15 is 0 Å². The second kappa shape index (κ2) is 6.25. The van der Waals surface area contributed by atoms with E-state index in [0.29, 0.717) is 24.9 Å². The number of nitrogens with zero attached hydrogens (tertiary/aromatic N) is 5. The van der Waals surface area contributed by atoms with Gasteiger partial charge in [-0.05, 0) is 24.6 Å². The van der Waals surface area contributed by atoms with E-state index in [9.17, 15) is 4.79 Å². The van der Waals surface area contributed by atoms with Gasteiger partial charge in [0.2, 0.25) is 11.8 Å². The molecule has 1 aliphatic rings. The fraction of sp³-hybridized carbons (Fsp3) is 0.333. The molecular weight excluding hydrogens is 318 g/mol. The number of hydrogen-bond donors (Lipinski definition) is 0. The van der Waals surface area contributed by atoms with Crippen LogP contribution in [0.2, 0.25) is 0 Å². The van der Waals surface area contributed by atoms with Gasteiger partial charge in [-0.3, -0.25) is 9.69 Å². The minimum atomic E-state index is -0.0833. The first-order valence-electron chi connectivity index (χ1n) is 8.26. The summed E-state index contributed by atoms with van der Waals surface area (Å²) in [5, 5.41) is 12.6. The van der Waals surface area contributed by atoms with Crippen molar-refractivity contribution in [2.75, 3.05) is 6.54 Å². The van der Waals surface area contributed by atoms with Crippen molar-refractivity contribution in [2.24, 2.45) is 7.05 Å². The summed E-state index contributed by atoms with van der Waals surface area (Å²) in [6.45, 7) is 4.12. The Kier molecular flexibility index (Phi) is 3.93. The first-order valence-corrected chi connectivity index (χ1v) is 8.26. The van der Waals surface area contributed by atoms with Crippen LogP contribution in [-0.2, 0) is 26.6 Å². The molecule has 25 heavy (non-hydrogen) atoms. The van der Waals surface area contributed by atoms with Crippen LogP contribution in [0.5, 0.6) is 0 Å². The Labute approximate surface area is 144 Å².